The molecule has 4 heterocycles. The second-order valence-electron chi connectivity index (χ2n) is 11.2. The summed E-state index contributed by atoms with van der Waals surface area (Å²) < 4.78 is 42.9. The molecule has 3 aliphatic rings. The van der Waals surface area contributed by atoms with Gasteiger partial charge in [0.2, 0.25) is 0 Å². The lowest BCUT2D eigenvalue weighted by molar-refractivity contribution is -0.148. The Labute approximate surface area is 240 Å². The molecule has 2 bridgehead atoms. The molecule has 0 spiro atoms. The number of nitrogens with zero attached hydrogens (tertiary/aromatic N) is 5. The molecular formula is C30H27FN6O4S. The third kappa shape index (κ3) is 4.28. The number of rotatable bonds is 6. The topological polar surface area (TPSA) is 140 Å². The van der Waals surface area contributed by atoms with E-state index in [1.165, 1.54) is 24.4 Å². The first-order valence-corrected chi connectivity index (χ1v) is 15.3. The third-order valence-electron chi connectivity index (χ3n) is 8.68. The van der Waals surface area contributed by atoms with Crippen molar-refractivity contribution in [2.75, 3.05) is 5.32 Å². The number of aliphatic carboxylic acids is 1. The van der Waals surface area contributed by atoms with Gasteiger partial charge in [0.25, 0.3) is 10.0 Å². The molecular weight excluding hydrogens is 559 g/mol. The number of hydrogen-bond donors (Lipinski definition) is 2. The fraction of sp³-hybridized carbons (Fsp3) is 0.300. The zero-order chi connectivity index (χ0) is 29.2. The second-order valence-corrected chi connectivity index (χ2v) is 13.0. The molecule has 0 radical (unpaired) electrons. The zero-order valence-electron chi connectivity index (χ0n) is 22.6. The van der Waals surface area contributed by atoms with E-state index in [2.05, 4.69) is 20.3 Å². The first kappa shape index (κ1) is 26.4. The van der Waals surface area contributed by atoms with Crippen molar-refractivity contribution in [3.8, 4) is 11.4 Å². The molecule has 4 aromatic heterocycles. The maximum absolute atomic E-state index is 14.5. The van der Waals surface area contributed by atoms with Crippen molar-refractivity contribution in [3.05, 3.63) is 72.4 Å². The summed E-state index contributed by atoms with van der Waals surface area (Å²) in [6.07, 6.45) is 7.56. The number of benzene rings is 1. The van der Waals surface area contributed by atoms with Crippen LogP contribution >= 0.6 is 0 Å². The predicted octanol–water partition coefficient (Wildman–Crippen LogP) is 5.03. The molecule has 2 N–H and O–H groups in total. The van der Waals surface area contributed by atoms with Gasteiger partial charge < -0.3 is 10.4 Å². The molecule has 42 heavy (non-hydrogen) atoms. The van der Waals surface area contributed by atoms with Crippen LogP contribution in [0.5, 0.6) is 0 Å². The molecule has 1 aromatic carbocycles. The van der Waals surface area contributed by atoms with Crippen molar-refractivity contribution in [2.24, 2.45) is 17.8 Å². The van der Waals surface area contributed by atoms with Crippen LogP contribution in [-0.2, 0) is 14.8 Å². The monoisotopic (exact) mass is 586 g/mol. The molecule has 12 heteroatoms. The van der Waals surface area contributed by atoms with Gasteiger partial charge >= 0.3 is 5.97 Å². The summed E-state index contributed by atoms with van der Waals surface area (Å²) in [6, 6.07) is 10.8. The number of nitrogens with one attached hydrogen (secondary N) is 1. The number of aryl methyl sites for hydroxylation is 1. The van der Waals surface area contributed by atoms with Crippen molar-refractivity contribution in [3.63, 3.8) is 0 Å². The van der Waals surface area contributed by atoms with Crippen LogP contribution in [-0.4, -0.2) is 49.4 Å². The average Bonchev–Trinajstić information content (AvgIpc) is 3.37. The molecule has 3 fully saturated rings. The second kappa shape index (κ2) is 9.83. The van der Waals surface area contributed by atoms with E-state index >= 15 is 0 Å². The van der Waals surface area contributed by atoms with Gasteiger partial charge in [0, 0.05) is 29.4 Å². The number of hydrogen-bond acceptors (Lipinski definition) is 8. The number of anilines is 1. The standard InChI is InChI=1S/C30H27FN6O4S/c1-16-4-10-20(11-5-16)42(40,41)37-15-23(22-13-19(31)14-33-29(22)37)28-35-26-21(3-2-12-32-26)27(36-28)34-25-18-8-6-17(7-9-18)24(25)30(38)39/h2-5,10-15,17-18,24-25H,6-9H2,1H3,(H,38,39)(H,32,34,35,36). The number of pyridine rings is 2. The zero-order valence-corrected chi connectivity index (χ0v) is 23.4. The quantitative estimate of drug-likeness (QED) is 0.280. The lowest BCUT2D eigenvalue weighted by Gasteiger charge is -2.47. The largest absolute Gasteiger partial charge is 0.481 e. The van der Waals surface area contributed by atoms with E-state index in [0.29, 0.717) is 16.9 Å². The maximum atomic E-state index is 14.5. The fourth-order valence-electron chi connectivity index (χ4n) is 6.60. The van der Waals surface area contributed by atoms with Gasteiger partial charge in [-0.25, -0.2) is 36.7 Å². The maximum Gasteiger partial charge on any atom is 0.308 e. The van der Waals surface area contributed by atoms with E-state index in [-0.39, 0.29) is 45.2 Å². The summed E-state index contributed by atoms with van der Waals surface area (Å²) in [6.45, 7) is 1.86. The van der Waals surface area contributed by atoms with Gasteiger partial charge in [-0.2, -0.15) is 0 Å². The highest BCUT2D eigenvalue weighted by Crippen LogP contribution is 2.46. The van der Waals surface area contributed by atoms with Crippen molar-refractivity contribution in [1.82, 2.24) is 23.9 Å². The van der Waals surface area contributed by atoms with Crippen LogP contribution < -0.4 is 5.32 Å². The minimum atomic E-state index is -4.10. The Hall–Kier alpha value is -4.45. The number of fused-ring (bicyclic) bond motifs is 5. The normalized spacial score (nSPS) is 22.0. The van der Waals surface area contributed by atoms with Crippen LogP contribution in [0.2, 0.25) is 0 Å². The lowest BCUT2D eigenvalue weighted by Crippen LogP contribution is -2.51. The van der Waals surface area contributed by atoms with Crippen LogP contribution in [0.4, 0.5) is 10.2 Å². The van der Waals surface area contributed by atoms with Crippen molar-refractivity contribution in [2.45, 2.75) is 43.5 Å². The Kier molecular flexibility index (Phi) is 6.19. The molecule has 3 saturated carbocycles. The molecule has 2 unspecified atom stereocenters. The Balaban J connectivity index is 1.40. The predicted molar refractivity (Wildman–Crippen MR) is 154 cm³/mol. The summed E-state index contributed by atoms with van der Waals surface area (Å²) in [5, 5.41) is 14.4. The Morgan fingerprint density at radius 2 is 1.76 bits per heavy atom. The highest BCUT2D eigenvalue weighted by atomic mass is 32.2. The van der Waals surface area contributed by atoms with E-state index in [9.17, 15) is 22.7 Å². The first-order valence-electron chi connectivity index (χ1n) is 13.8. The Morgan fingerprint density at radius 1 is 1.02 bits per heavy atom. The van der Waals surface area contributed by atoms with Crippen LogP contribution in [0.1, 0.15) is 31.2 Å². The van der Waals surface area contributed by atoms with Gasteiger partial charge in [0.05, 0.1) is 22.4 Å². The van der Waals surface area contributed by atoms with Gasteiger partial charge in [-0.15, -0.1) is 0 Å². The summed E-state index contributed by atoms with van der Waals surface area (Å²) in [5.74, 6) is -1.23. The van der Waals surface area contributed by atoms with Gasteiger partial charge in [0.15, 0.2) is 17.1 Å². The number of halogens is 1. The van der Waals surface area contributed by atoms with Crippen LogP contribution in [0, 0.1) is 30.5 Å². The van der Waals surface area contributed by atoms with E-state index < -0.39 is 27.7 Å². The fourth-order valence-corrected chi connectivity index (χ4v) is 7.93. The summed E-state index contributed by atoms with van der Waals surface area (Å²) in [5.41, 5.74) is 1.52. The molecule has 0 saturated heterocycles. The molecule has 3 aliphatic carbocycles. The summed E-state index contributed by atoms with van der Waals surface area (Å²) in [7, 11) is -4.10. The van der Waals surface area contributed by atoms with E-state index in [0.717, 1.165) is 41.4 Å². The van der Waals surface area contributed by atoms with Crippen LogP contribution in [0.3, 0.4) is 0 Å². The third-order valence-corrected chi connectivity index (χ3v) is 10.3. The number of carbonyl (C=O) groups is 1. The van der Waals surface area contributed by atoms with E-state index in [4.69, 9.17) is 4.98 Å². The molecule has 0 amide bonds. The average molecular weight is 587 g/mol. The molecule has 2 atom stereocenters. The van der Waals surface area contributed by atoms with Crippen molar-refractivity contribution >= 4 is 43.9 Å². The molecule has 5 aromatic rings. The summed E-state index contributed by atoms with van der Waals surface area (Å²) >= 11 is 0. The Bertz CT molecular complexity index is 1970. The number of aromatic nitrogens is 5. The van der Waals surface area contributed by atoms with Crippen LogP contribution in [0.25, 0.3) is 33.5 Å². The van der Waals surface area contributed by atoms with Gasteiger partial charge in [-0.3, -0.25) is 4.79 Å². The van der Waals surface area contributed by atoms with Gasteiger partial charge in [0.1, 0.15) is 11.6 Å². The number of carboxylic acid groups (broad SMARTS) is 1. The van der Waals surface area contributed by atoms with Crippen molar-refractivity contribution < 1.29 is 22.7 Å². The van der Waals surface area contributed by atoms with Crippen molar-refractivity contribution in [1.29, 1.82) is 0 Å². The van der Waals surface area contributed by atoms with Gasteiger partial charge in [-0.05, 0) is 74.8 Å². The summed E-state index contributed by atoms with van der Waals surface area (Å²) in [4.78, 5) is 30.3. The van der Waals surface area contributed by atoms with E-state index in [1.807, 2.05) is 6.92 Å². The highest BCUT2D eigenvalue weighted by Gasteiger charge is 2.47. The molecule has 0 aliphatic heterocycles. The Morgan fingerprint density at radius 3 is 2.50 bits per heavy atom. The lowest BCUT2D eigenvalue weighted by atomic mass is 9.61. The number of carboxylic acids is 1. The first-order chi connectivity index (χ1) is 20.2. The highest BCUT2D eigenvalue weighted by molar-refractivity contribution is 7.90. The molecule has 214 valence electrons. The smallest absolute Gasteiger partial charge is 0.308 e. The molecule has 8 rings (SSSR count). The SMILES string of the molecule is Cc1ccc(S(=O)(=O)n2cc(-c3nc(NC4C5CCC(CC5)C4C(=O)O)c4cccnc4n3)c3cc(F)cnc32)cc1. The minimum Gasteiger partial charge on any atom is -0.481 e. The van der Waals surface area contributed by atoms with Crippen LogP contribution in [0.15, 0.2) is 66.0 Å². The van der Waals surface area contributed by atoms with Gasteiger partial charge in [-0.1, -0.05) is 17.7 Å². The van der Waals surface area contributed by atoms with E-state index in [1.54, 1.807) is 30.5 Å². The minimum absolute atomic E-state index is 0.0294. The molecule has 10 nitrogen and oxygen atoms in total.